The van der Waals surface area contributed by atoms with Crippen LogP contribution in [-0.2, 0) is 4.74 Å². The van der Waals surface area contributed by atoms with E-state index in [0.29, 0.717) is 12.1 Å². The number of rotatable bonds is 3. The standard InChI is InChI=1S/C16H23N3O2/c1-20-12-7-9-16(10-8-12)11-18-15(17)19(16)13-5-3-4-6-14(13)21-2/h3-6,12H,7-11H2,1-2H3,(H2,17,18). The summed E-state index contributed by atoms with van der Waals surface area (Å²) in [7, 11) is 3.48. The van der Waals surface area contributed by atoms with E-state index in [1.165, 1.54) is 0 Å². The lowest BCUT2D eigenvalue weighted by atomic mass is 9.79. The largest absolute Gasteiger partial charge is 0.495 e. The van der Waals surface area contributed by atoms with E-state index in [2.05, 4.69) is 16.0 Å². The van der Waals surface area contributed by atoms with E-state index in [4.69, 9.17) is 15.2 Å². The molecule has 0 amide bonds. The number of hydrogen-bond donors (Lipinski definition) is 1. The van der Waals surface area contributed by atoms with Crippen molar-refractivity contribution in [2.45, 2.75) is 37.3 Å². The average molecular weight is 289 g/mol. The second-order valence-corrected chi connectivity index (χ2v) is 5.84. The molecule has 1 spiro atoms. The van der Waals surface area contributed by atoms with Gasteiger partial charge in [0.25, 0.3) is 0 Å². The molecule has 0 aromatic heterocycles. The number of aliphatic imine (C=N–C) groups is 1. The molecular formula is C16H23N3O2. The van der Waals surface area contributed by atoms with Gasteiger partial charge in [0.2, 0.25) is 0 Å². The lowest BCUT2D eigenvalue weighted by Crippen LogP contribution is -2.54. The SMILES string of the molecule is COc1ccccc1N1C(N)=NCC12CCC(OC)CC2. The van der Waals surface area contributed by atoms with Crippen LogP contribution in [0.1, 0.15) is 25.7 Å². The summed E-state index contributed by atoms with van der Waals surface area (Å²) in [5.41, 5.74) is 7.19. The predicted octanol–water partition coefficient (Wildman–Crippen LogP) is 2.16. The van der Waals surface area contributed by atoms with Crippen molar-refractivity contribution in [3.05, 3.63) is 24.3 Å². The van der Waals surface area contributed by atoms with Crippen molar-refractivity contribution in [2.24, 2.45) is 10.7 Å². The van der Waals surface area contributed by atoms with Crippen molar-refractivity contribution in [1.29, 1.82) is 0 Å². The Morgan fingerprint density at radius 1 is 1.24 bits per heavy atom. The van der Waals surface area contributed by atoms with E-state index < -0.39 is 0 Å². The van der Waals surface area contributed by atoms with Crippen molar-refractivity contribution >= 4 is 11.6 Å². The van der Waals surface area contributed by atoms with Gasteiger partial charge in [0.15, 0.2) is 5.96 Å². The van der Waals surface area contributed by atoms with Crippen LogP contribution < -0.4 is 15.4 Å². The van der Waals surface area contributed by atoms with Crippen LogP contribution in [0.15, 0.2) is 29.3 Å². The number of para-hydroxylation sites is 2. The Labute approximate surface area is 125 Å². The molecule has 0 saturated heterocycles. The third kappa shape index (κ3) is 2.35. The van der Waals surface area contributed by atoms with Gasteiger partial charge in [-0.3, -0.25) is 4.99 Å². The molecule has 1 saturated carbocycles. The molecule has 0 atom stereocenters. The van der Waals surface area contributed by atoms with Crippen LogP contribution in [-0.4, -0.2) is 38.4 Å². The highest BCUT2D eigenvalue weighted by Crippen LogP contribution is 2.43. The molecule has 1 fully saturated rings. The zero-order valence-corrected chi connectivity index (χ0v) is 12.7. The molecular weight excluding hydrogens is 266 g/mol. The lowest BCUT2D eigenvalue weighted by Gasteiger charge is -2.44. The summed E-state index contributed by atoms with van der Waals surface area (Å²) in [6.07, 6.45) is 4.52. The summed E-state index contributed by atoms with van der Waals surface area (Å²) in [6.45, 7) is 0.757. The number of anilines is 1. The number of nitrogens with two attached hydrogens (primary N) is 1. The minimum Gasteiger partial charge on any atom is -0.495 e. The molecule has 114 valence electrons. The fraction of sp³-hybridized carbons (Fsp3) is 0.562. The minimum absolute atomic E-state index is 0.0201. The second kappa shape index (κ2) is 5.56. The number of nitrogens with zero attached hydrogens (tertiary/aromatic N) is 2. The summed E-state index contributed by atoms with van der Waals surface area (Å²) in [5, 5.41) is 0. The van der Waals surface area contributed by atoms with Crippen molar-refractivity contribution in [3.63, 3.8) is 0 Å². The first-order chi connectivity index (χ1) is 10.2. The molecule has 1 aromatic rings. The molecule has 0 unspecified atom stereocenters. The maximum atomic E-state index is 6.20. The normalized spacial score (nSPS) is 28.8. The Morgan fingerprint density at radius 2 is 1.95 bits per heavy atom. The molecule has 2 aliphatic rings. The summed E-state index contributed by atoms with van der Waals surface area (Å²) in [5.74, 6) is 1.43. The first-order valence-corrected chi connectivity index (χ1v) is 7.46. The molecule has 5 heteroatoms. The summed E-state index contributed by atoms with van der Waals surface area (Å²) in [4.78, 5) is 6.70. The van der Waals surface area contributed by atoms with Crippen LogP contribution >= 0.6 is 0 Å². The predicted molar refractivity (Wildman–Crippen MR) is 84.0 cm³/mol. The van der Waals surface area contributed by atoms with E-state index in [9.17, 15) is 0 Å². The number of methoxy groups -OCH3 is 2. The third-order valence-corrected chi connectivity index (χ3v) is 4.76. The number of benzene rings is 1. The van der Waals surface area contributed by atoms with Gasteiger partial charge in [-0.2, -0.15) is 0 Å². The van der Waals surface area contributed by atoms with E-state index in [1.807, 2.05) is 18.2 Å². The number of ether oxygens (including phenoxy) is 2. The van der Waals surface area contributed by atoms with Gasteiger partial charge in [0.1, 0.15) is 5.75 Å². The minimum atomic E-state index is -0.0201. The average Bonchev–Trinajstić information content (AvgIpc) is 2.84. The van der Waals surface area contributed by atoms with Crippen LogP contribution in [0.5, 0.6) is 5.75 Å². The Balaban J connectivity index is 1.93. The molecule has 5 nitrogen and oxygen atoms in total. The van der Waals surface area contributed by atoms with E-state index in [1.54, 1.807) is 14.2 Å². The van der Waals surface area contributed by atoms with Crippen molar-refractivity contribution in [1.82, 2.24) is 0 Å². The first-order valence-electron chi connectivity index (χ1n) is 7.46. The highest BCUT2D eigenvalue weighted by atomic mass is 16.5. The summed E-state index contributed by atoms with van der Waals surface area (Å²) < 4.78 is 11.0. The highest BCUT2D eigenvalue weighted by Gasteiger charge is 2.46. The maximum absolute atomic E-state index is 6.20. The molecule has 3 rings (SSSR count). The van der Waals surface area contributed by atoms with Crippen molar-refractivity contribution in [2.75, 3.05) is 25.7 Å². The van der Waals surface area contributed by atoms with Gasteiger partial charge in [-0.25, -0.2) is 0 Å². The van der Waals surface area contributed by atoms with Crippen LogP contribution in [0.4, 0.5) is 5.69 Å². The van der Waals surface area contributed by atoms with E-state index >= 15 is 0 Å². The third-order valence-electron chi connectivity index (χ3n) is 4.76. The Hall–Kier alpha value is -1.75. The van der Waals surface area contributed by atoms with Crippen LogP contribution in [0, 0.1) is 0 Å². The lowest BCUT2D eigenvalue weighted by molar-refractivity contribution is 0.0531. The monoisotopic (exact) mass is 289 g/mol. The molecule has 1 aliphatic carbocycles. The van der Waals surface area contributed by atoms with Gasteiger partial charge in [-0.15, -0.1) is 0 Å². The summed E-state index contributed by atoms with van der Waals surface area (Å²) >= 11 is 0. The van der Waals surface area contributed by atoms with Gasteiger partial charge < -0.3 is 20.1 Å². The Morgan fingerprint density at radius 3 is 2.62 bits per heavy atom. The van der Waals surface area contributed by atoms with Gasteiger partial charge in [0.05, 0.1) is 31.0 Å². The quantitative estimate of drug-likeness (QED) is 0.926. The fourth-order valence-corrected chi connectivity index (χ4v) is 3.55. The van der Waals surface area contributed by atoms with Gasteiger partial charge in [0, 0.05) is 7.11 Å². The maximum Gasteiger partial charge on any atom is 0.196 e. The molecule has 21 heavy (non-hydrogen) atoms. The summed E-state index contributed by atoms with van der Waals surface area (Å²) in [6, 6.07) is 8.00. The van der Waals surface area contributed by atoms with Crippen LogP contribution in [0.25, 0.3) is 0 Å². The van der Waals surface area contributed by atoms with Crippen LogP contribution in [0.3, 0.4) is 0 Å². The Kier molecular flexibility index (Phi) is 3.76. The van der Waals surface area contributed by atoms with E-state index in [0.717, 1.165) is 43.7 Å². The Bertz CT molecular complexity index is 536. The zero-order chi connectivity index (χ0) is 14.9. The second-order valence-electron chi connectivity index (χ2n) is 5.84. The molecule has 0 bridgehead atoms. The highest BCUT2D eigenvalue weighted by molar-refractivity contribution is 5.99. The topological polar surface area (TPSA) is 60.1 Å². The van der Waals surface area contributed by atoms with Gasteiger partial charge in [-0.1, -0.05) is 12.1 Å². The molecule has 2 N–H and O–H groups in total. The molecule has 1 aromatic carbocycles. The van der Waals surface area contributed by atoms with Crippen molar-refractivity contribution < 1.29 is 9.47 Å². The number of guanidine groups is 1. The molecule has 1 heterocycles. The molecule has 1 aliphatic heterocycles. The smallest absolute Gasteiger partial charge is 0.196 e. The number of hydrogen-bond acceptors (Lipinski definition) is 5. The van der Waals surface area contributed by atoms with Gasteiger partial charge in [-0.05, 0) is 37.8 Å². The van der Waals surface area contributed by atoms with Crippen LogP contribution in [0.2, 0.25) is 0 Å². The van der Waals surface area contributed by atoms with Gasteiger partial charge >= 0.3 is 0 Å². The molecule has 0 radical (unpaired) electrons. The first kappa shape index (κ1) is 14.2. The van der Waals surface area contributed by atoms with Crippen molar-refractivity contribution in [3.8, 4) is 5.75 Å². The fourth-order valence-electron chi connectivity index (χ4n) is 3.55. The van der Waals surface area contributed by atoms with E-state index in [-0.39, 0.29) is 5.54 Å². The zero-order valence-electron chi connectivity index (χ0n) is 12.7.